The second kappa shape index (κ2) is 10.6. The van der Waals surface area contributed by atoms with Crippen LogP contribution in [-0.4, -0.2) is 16.0 Å². The van der Waals surface area contributed by atoms with Gasteiger partial charge >= 0.3 is 0 Å². The van der Waals surface area contributed by atoms with Crippen LogP contribution >= 0.6 is 35.0 Å². The number of hydrogen-bond donors (Lipinski definition) is 1. The first-order valence-corrected chi connectivity index (χ1v) is 12.6. The van der Waals surface area contributed by atoms with Crippen molar-refractivity contribution in [3.8, 4) is 5.75 Å². The van der Waals surface area contributed by atoms with Gasteiger partial charge in [0.05, 0.1) is 25.6 Å². The maximum absolute atomic E-state index is 12.8. The summed E-state index contributed by atoms with van der Waals surface area (Å²) < 4.78 is 6.11. The monoisotopic (exact) mass is 549 g/mol. The lowest BCUT2D eigenvalue weighted by molar-refractivity contribution is -0.384. The van der Waals surface area contributed by atoms with Crippen molar-refractivity contribution >= 4 is 74.3 Å². The van der Waals surface area contributed by atoms with Crippen molar-refractivity contribution in [2.24, 2.45) is 4.99 Å². The molecule has 10 heteroatoms. The van der Waals surface area contributed by atoms with Crippen molar-refractivity contribution in [3.05, 3.63) is 115 Å². The van der Waals surface area contributed by atoms with Crippen molar-refractivity contribution in [1.29, 1.82) is 0 Å². The fraction of sp³-hybridized carbons (Fsp3) is 0.0370. The van der Waals surface area contributed by atoms with Crippen molar-refractivity contribution in [2.75, 3.05) is 0 Å². The third-order valence-electron chi connectivity index (χ3n) is 5.55. The van der Waals surface area contributed by atoms with Crippen LogP contribution in [0.25, 0.3) is 16.8 Å². The maximum atomic E-state index is 12.8. The first kappa shape index (κ1) is 24.8. The predicted molar refractivity (Wildman–Crippen MR) is 149 cm³/mol. The van der Waals surface area contributed by atoms with E-state index >= 15 is 0 Å². The molecule has 0 unspecified atom stereocenters. The lowest BCUT2D eigenvalue weighted by atomic mass is 10.0. The summed E-state index contributed by atoms with van der Waals surface area (Å²) in [4.78, 5) is 28.2. The van der Waals surface area contributed by atoms with Crippen molar-refractivity contribution in [2.45, 2.75) is 6.61 Å². The van der Waals surface area contributed by atoms with Crippen molar-refractivity contribution in [3.63, 3.8) is 0 Å². The molecule has 1 N–H and O–H groups in total. The number of nitrogens with zero attached hydrogens (tertiary/aromatic N) is 2. The van der Waals surface area contributed by atoms with E-state index < -0.39 is 4.92 Å². The minimum atomic E-state index is -0.444. The van der Waals surface area contributed by atoms with E-state index in [4.69, 9.17) is 27.9 Å². The van der Waals surface area contributed by atoms with Crippen LogP contribution in [0.5, 0.6) is 5.75 Å². The van der Waals surface area contributed by atoms with Gasteiger partial charge in [0, 0.05) is 17.7 Å². The summed E-state index contributed by atoms with van der Waals surface area (Å²) in [7, 11) is 0. The van der Waals surface area contributed by atoms with Crippen LogP contribution in [0.1, 0.15) is 11.1 Å². The molecule has 0 saturated carbocycles. The molecule has 37 heavy (non-hydrogen) atoms. The molecule has 1 aliphatic heterocycles. The van der Waals surface area contributed by atoms with Gasteiger partial charge in [-0.05, 0) is 64.5 Å². The quantitative estimate of drug-likeness (QED) is 0.152. The van der Waals surface area contributed by atoms with Gasteiger partial charge in [-0.1, -0.05) is 59.6 Å². The summed E-state index contributed by atoms with van der Waals surface area (Å²) in [5, 5.41) is 16.6. The number of rotatable bonds is 6. The number of carbonyl (C=O) groups is 1. The molecule has 0 atom stereocenters. The fourth-order valence-electron chi connectivity index (χ4n) is 3.73. The molecule has 4 aromatic carbocycles. The molecular weight excluding hydrogens is 533 g/mol. The molecule has 5 rings (SSSR count). The first-order valence-electron chi connectivity index (χ1n) is 11.0. The Morgan fingerprint density at radius 1 is 1.00 bits per heavy atom. The Morgan fingerprint density at radius 2 is 1.78 bits per heavy atom. The second-order valence-corrected chi connectivity index (χ2v) is 9.78. The van der Waals surface area contributed by atoms with Gasteiger partial charge in [0.1, 0.15) is 12.4 Å². The van der Waals surface area contributed by atoms with E-state index in [2.05, 4.69) is 10.3 Å². The van der Waals surface area contributed by atoms with Gasteiger partial charge in [-0.2, -0.15) is 0 Å². The highest BCUT2D eigenvalue weighted by Gasteiger charge is 2.25. The van der Waals surface area contributed by atoms with Gasteiger partial charge in [0.2, 0.25) is 0 Å². The van der Waals surface area contributed by atoms with Crippen LogP contribution in [0.4, 0.5) is 11.4 Å². The molecule has 0 radical (unpaired) electrons. The van der Waals surface area contributed by atoms with Crippen LogP contribution in [0.15, 0.2) is 88.8 Å². The van der Waals surface area contributed by atoms with Gasteiger partial charge in [0.15, 0.2) is 5.17 Å². The standard InChI is InChI=1S/C27H17Cl2N3O4S/c28-21-6-3-7-22(25(21)29)30-27-31-26(33)24(37-27)14-20-19-5-2-1-4-17(19)10-13-23(20)36-15-16-8-11-18(12-9-16)32(34)35/h1-14H,15H2,(H,30,31,33)/b24-14+. The Bertz CT molecular complexity index is 1600. The number of nitro groups is 1. The van der Waals surface area contributed by atoms with Crippen LogP contribution in [0, 0.1) is 10.1 Å². The summed E-state index contributed by atoms with van der Waals surface area (Å²) in [5.74, 6) is 0.275. The minimum Gasteiger partial charge on any atom is -0.488 e. The van der Waals surface area contributed by atoms with E-state index in [-0.39, 0.29) is 18.2 Å². The molecule has 1 amide bonds. The number of benzene rings is 4. The number of thioether (sulfide) groups is 1. The van der Waals surface area contributed by atoms with Gasteiger partial charge in [0.25, 0.3) is 11.6 Å². The zero-order valence-electron chi connectivity index (χ0n) is 19.0. The molecule has 0 bridgehead atoms. The summed E-state index contributed by atoms with van der Waals surface area (Å²) >= 11 is 13.5. The molecule has 7 nitrogen and oxygen atoms in total. The molecule has 4 aromatic rings. The van der Waals surface area contributed by atoms with Gasteiger partial charge in [-0.3, -0.25) is 14.9 Å². The molecule has 0 aromatic heterocycles. The number of ether oxygens (including phenoxy) is 1. The number of carbonyl (C=O) groups excluding carboxylic acids is 1. The highest BCUT2D eigenvalue weighted by molar-refractivity contribution is 8.18. The molecule has 1 aliphatic rings. The van der Waals surface area contributed by atoms with Gasteiger partial charge < -0.3 is 10.1 Å². The Kier molecular flexibility index (Phi) is 7.14. The number of nitrogens with one attached hydrogen (secondary N) is 1. The Hall–Kier alpha value is -3.85. The summed E-state index contributed by atoms with van der Waals surface area (Å²) in [6, 6.07) is 22.9. The topological polar surface area (TPSA) is 93.8 Å². The number of amidine groups is 1. The van der Waals surface area contributed by atoms with Gasteiger partial charge in [-0.15, -0.1) is 0 Å². The number of hydrogen-bond acceptors (Lipinski definition) is 6. The summed E-state index contributed by atoms with van der Waals surface area (Å²) in [6.45, 7) is 0.200. The number of aliphatic imine (C=N–C) groups is 1. The average Bonchev–Trinajstić information content (AvgIpc) is 3.24. The SMILES string of the molecule is O=C1NC(=Nc2cccc(Cl)c2Cl)S/C1=C/c1c(OCc2ccc([N+](=O)[O-])cc2)ccc2ccccc12. The van der Waals surface area contributed by atoms with Crippen molar-refractivity contribution in [1.82, 2.24) is 5.32 Å². The minimum absolute atomic E-state index is 0.0145. The first-order chi connectivity index (χ1) is 17.9. The molecule has 1 heterocycles. The number of fused-ring (bicyclic) bond motifs is 1. The van der Waals surface area contributed by atoms with Crippen LogP contribution < -0.4 is 10.1 Å². The van der Waals surface area contributed by atoms with E-state index in [1.54, 1.807) is 36.4 Å². The average molecular weight is 550 g/mol. The number of halogens is 2. The van der Waals surface area contributed by atoms with E-state index in [9.17, 15) is 14.9 Å². The maximum Gasteiger partial charge on any atom is 0.269 e. The molecule has 0 spiro atoms. The zero-order chi connectivity index (χ0) is 25.9. The summed E-state index contributed by atoms with van der Waals surface area (Å²) in [5.41, 5.74) is 1.98. The second-order valence-electron chi connectivity index (χ2n) is 7.97. The largest absolute Gasteiger partial charge is 0.488 e. The highest BCUT2D eigenvalue weighted by atomic mass is 35.5. The normalized spacial score (nSPS) is 15.4. The summed E-state index contributed by atoms with van der Waals surface area (Å²) in [6.07, 6.45) is 1.77. The lowest BCUT2D eigenvalue weighted by Crippen LogP contribution is -2.19. The Balaban J connectivity index is 1.47. The lowest BCUT2D eigenvalue weighted by Gasteiger charge is -2.12. The van der Waals surface area contributed by atoms with E-state index in [0.29, 0.717) is 31.6 Å². The number of amides is 1. The number of nitro benzene ring substituents is 1. The highest BCUT2D eigenvalue weighted by Crippen LogP contribution is 2.37. The van der Waals surface area contributed by atoms with Crippen LogP contribution in [-0.2, 0) is 11.4 Å². The molecule has 0 aliphatic carbocycles. The fourth-order valence-corrected chi connectivity index (χ4v) is 4.88. The predicted octanol–water partition coefficient (Wildman–Crippen LogP) is 7.53. The molecule has 184 valence electrons. The van der Waals surface area contributed by atoms with E-state index in [1.807, 2.05) is 36.4 Å². The third-order valence-corrected chi connectivity index (χ3v) is 7.27. The molecular formula is C27H17Cl2N3O4S. The van der Waals surface area contributed by atoms with Crippen LogP contribution in [0.3, 0.4) is 0 Å². The van der Waals surface area contributed by atoms with Crippen LogP contribution in [0.2, 0.25) is 10.0 Å². The van der Waals surface area contributed by atoms with E-state index in [1.165, 1.54) is 23.9 Å². The molecule has 1 fully saturated rings. The smallest absolute Gasteiger partial charge is 0.269 e. The van der Waals surface area contributed by atoms with E-state index in [0.717, 1.165) is 21.9 Å². The Morgan fingerprint density at radius 3 is 2.57 bits per heavy atom. The number of non-ortho nitro benzene ring substituents is 1. The van der Waals surface area contributed by atoms with Gasteiger partial charge in [-0.25, -0.2) is 4.99 Å². The molecule has 1 saturated heterocycles. The van der Waals surface area contributed by atoms with Crippen molar-refractivity contribution < 1.29 is 14.5 Å². The Labute approximate surface area is 225 Å². The zero-order valence-corrected chi connectivity index (χ0v) is 21.3. The third kappa shape index (κ3) is 5.46.